The minimum absolute atomic E-state index is 0. The van der Waals surface area contributed by atoms with E-state index in [1.165, 1.54) is 12.1 Å². The lowest BCUT2D eigenvalue weighted by Crippen LogP contribution is -2.12. The summed E-state index contributed by atoms with van der Waals surface area (Å²) >= 11 is 0. The summed E-state index contributed by atoms with van der Waals surface area (Å²) in [5.41, 5.74) is 8.90. The van der Waals surface area contributed by atoms with Crippen LogP contribution in [0.15, 0.2) is 30.4 Å². The maximum absolute atomic E-state index is 12.8. The monoisotopic (exact) mass is 229 g/mol. The largest absolute Gasteiger partial charge is 0.324 e. The highest BCUT2D eigenvalue weighted by molar-refractivity contribution is 5.85. The van der Waals surface area contributed by atoms with Gasteiger partial charge >= 0.3 is 0 Å². The SMILES string of the molecule is C=C(C)C[C@H](N)c1ccc(F)cc1C.Cl. The molecule has 15 heavy (non-hydrogen) atoms. The molecule has 1 atom stereocenters. The van der Waals surface area contributed by atoms with Crippen LogP contribution in [0.2, 0.25) is 0 Å². The Hall–Kier alpha value is -0.860. The maximum Gasteiger partial charge on any atom is 0.123 e. The molecule has 1 nitrogen and oxygen atoms in total. The van der Waals surface area contributed by atoms with Crippen molar-refractivity contribution in [2.45, 2.75) is 26.3 Å². The summed E-state index contributed by atoms with van der Waals surface area (Å²) in [5, 5.41) is 0. The predicted molar refractivity (Wildman–Crippen MR) is 64.7 cm³/mol. The zero-order valence-electron chi connectivity index (χ0n) is 9.09. The molecule has 0 aromatic heterocycles. The number of halogens is 2. The topological polar surface area (TPSA) is 26.0 Å². The molecule has 0 fully saturated rings. The zero-order valence-corrected chi connectivity index (χ0v) is 9.90. The van der Waals surface area contributed by atoms with Gasteiger partial charge in [-0.2, -0.15) is 0 Å². The second-order valence-corrected chi connectivity index (χ2v) is 3.77. The molecule has 0 saturated heterocycles. The molecule has 3 heteroatoms. The molecule has 0 aliphatic rings. The van der Waals surface area contributed by atoms with E-state index in [1.54, 1.807) is 6.07 Å². The van der Waals surface area contributed by atoms with Gasteiger partial charge in [-0.25, -0.2) is 4.39 Å². The van der Waals surface area contributed by atoms with Crippen LogP contribution in [0.5, 0.6) is 0 Å². The molecule has 0 aliphatic carbocycles. The lowest BCUT2D eigenvalue weighted by molar-refractivity contribution is 0.622. The Bertz CT molecular complexity index is 349. The number of aryl methyl sites for hydroxylation is 1. The first kappa shape index (κ1) is 14.1. The summed E-state index contributed by atoms with van der Waals surface area (Å²) < 4.78 is 12.8. The maximum atomic E-state index is 12.8. The van der Waals surface area contributed by atoms with E-state index in [9.17, 15) is 4.39 Å². The predicted octanol–water partition coefficient (Wildman–Crippen LogP) is 3.52. The van der Waals surface area contributed by atoms with Gasteiger partial charge in [0, 0.05) is 6.04 Å². The quantitative estimate of drug-likeness (QED) is 0.789. The standard InChI is InChI=1S/C12H16FN.ClH/c1-8(2)6-12(14)11-5-4-10(13)7-9(11)3;/h4-5,7,12H,1,6,14H2,2-3H3;1H/t12-;/m0./s1. The van der Waals surface area contributed by atoms with Gasteiger partial charge in [0.1, 0.15) is 5.82 Å². The van der Waals surface area contributed by atoms with Gasteiger partial charge in [0.25, 0.3) is 0 Å². The molecule has 1 aromatic rings. The van der Waals surface area contributed by atoms with Crippen molar-refractivity contribution in [2.75, 3.05) is 0 Å². The van der Waals surface area contributed by atoms with Crippen molar-refractivity contribution in [2.24, 2.45) is 5.73 Å². The molecule has 1 aromatic carbocycles. The first-order valence-electron chi connectivity index (χ1n) is 4.66. The fourth-order valence-electron chi connectivity index (χ4n) is 1.54. The third kappa shape index (κ3) is 4.02. The molecule has 0 saturated carbocycles. The molecule has 0 amide bonds. The summed E-state index contributed by atoms with van der Waals surface area (Å²) in [4.78, 5) is 0. The van der Waals surface area contributed by atoms with Gasteiger partial charge in [0.05, 0.1) is 0 Å². The second kappa shape index (κ2) is 5.89. The zero-order chi connectivity index (χ0) is 10.7. The van der Waals surface area contributed by atoms with E-state index in [1.807, 2.05) is 13.8 Å². The third-order valence-electron chi connectivity index (χ3n) is 2.20. The van der Waals surface area contributed by atoms with Crippen LogP contribution in [0.1, 0.15) is 30.5 Å². The van der Waals surface area contributed by atoms with Crippen molar-refractivity contribution in [3.63, 3.8) is 0 Å². The van der Waals surface area contributed by atoms with E-state index in [0.29, 0.717) is 0 Å². The van der Waals surface area contributed by atoms with Gasteiger partial charge in [-0.3, -0.25) is 0 Å². The van der Waals surface area contributed by atoms with Crippen molar-refractivity contribution in [1.29, 1.82) is 0 Å². The molecular formula is C12H17ClFN. The first-order chi connectivity index (χ1) is 6.50. The Balaban J connectivity index is 0.00000196. The van der Waals surface area contributed by atoms with Crippen LogP contribution >= 0.6 is 12.4 Å². The Morgan fingerprint density at radius 1 is 1.53 bits per heavy atom. The van der Waals surface area contributed by atoms with E-state index in [-0.39, 0.29) is 24.3 Å². The van der Waals surface area contributed by atoms with Crippen molar-refractivity contribution in [1.82, 2.24) is 0 Å². The van der Waals surface area contributed by atoms with Crippen LogP contribution in [0.4, 0.5) is 4.39 Å². The number of benzene rings is 1. The Morgan fingerprint density at radius 2 is 2.13 bits per heavy atom. The van der Waals surface area contributed by atoms with Gasteiger partial charge in [0.15, 0.2) is 0 Å². The van der Waals surface area contributed by atoms with Crippen LogP contribution < -0.4 is 5.73 Å². The minimum Gasteiger partial charge on any atom is -0.324 e. The van der Waals surface area contributed by atoms with Crippen molar-refractivity contribution < 1.29 is 4.39 Å². The molecular weight excluding hydrogens is 213 g/mol. The molecule has 0 radical (unpaired) electrons. The Labute approximate surface area is 96.6 Å². The number of nitrogens with two attached hydrogens (primary N) is 1. The van der Waals surface area contributed by atoms with Gasteiger partial charge < -0.3 is 5.73 Å². The minimum atomic E-state index is -0.214. The van der Waals surface area contributed by atoms with E-state index in [0.717, 1.165) is 23.1 Å². The van der Waals surface area contributed by atoms with E-state index in [2.05, 4.69) is 6.58 Å². The highest BCUT2D eigenvalue weighted by Crippen LogP contribution is 2.21. The second-order valence-electron chi connectivity index (χ2n) is 3.77. The van der Waals surface area contributed by atoms with Gasteiger partial charge in [-0.15, -0.1) is 19.0 Å². The highest BCUT2D eigenvalue weighted by atomic mass is 35.5. The number of hydrogen-bond acceptors (Lipinski definition) is 1. The average Bonchev–Trinajstić information content (AvgIpc) is 2.01. The molecule has 0 heterocycles. The van der Waals surface area contributed by atoms with Gasteiger partial charge in [0.2, 0.25) is 0 Å². The number of rotatable bonds is 3. The summed E-state index contributed by atoms with van der Waals surface area (Å²) in [6, 6.07) is 4.63. The lowest BCUT2D eigenvalue weighted by atomic mass is 9.97. The van der Waals surface area contributed by atoms with Gasteiger partial charge in [-0.1, -0.05) is 11.6 Å². The fourth-order valence-corrected chi connectivity index (χ4v) is 1.54. The van der Waals surface area contributed by atoms with Gasteiger partial charge in [-0.05, 0) is 43.5 Å². The molecule has 0 unspecified atom stereocenters. The fraction of sp³-hybridized carbons (Fsp3) is 0.333. The average molecular weight is 230 g/mol. The first-order valence-corrected chi connectivity index (χ1v) is 4.66. The van der Waals surface area contributed by atoms with E-state index in [4.69, 9.17) is 5.73 Å². The normalized spacial score (nSPS) is 11.7. The molecule has 0 bridgehead atoms. The molecule has 0 spiro atoms. The molecule has 84 valence electrons. The molecule has 0 aliphatic heterocycles. The summed E-state index contributed by atoms with van der Waals surface area (Å²) in [7, 11) is 0. The molecule has 2 N–H and O–H groups in total. The highest BCUT2D eigenvalue weighted by Gasteiger charge is 2.09. The van der Waals surface area contributed by atoms with Crippen molar-refractivity contribution >= 4 is 12.4 Å². The third-order valence-corrected chi connectivity index (χ3v) is 2.20. The van der Waals surface area contributed by atoms with Crippen molar-refractivity contribution in [3.05, 3.63) is 47.3 Å². The Morgan fingerprint density at radius 3 is 2.60 bits per heavy atom. The van der Waals surface area contributed by atoms with Crippen LogP contribution in [-0.4, -0.2) is 0 Å². The summed E-state index contributed by atoms with van der Waals surface area (Å²) in [6.07, 6.45) is 0.743. The van der Waals surface area contributed by atoms with E-state index >= 15 is 0 Å². The van der Waals surface area contributed by atoms with Crippen molar-refractivity contribution in [3.8, 4) is 0 Å². The Kier molecular flexibility index (Phi) is 5.55. The van der Waals surface area contributed by atoms with Crippen LogP contribution in [-0.2, 0) is 0 Å². The summed E-state index contributed by atoms with van der Waals surface area (Å²) in [6.45, 7) is 7.63. The van der Waals surface area contributed by atoms with Crippen LogP contribution in [0.3, 0.4) is 0 Å². The smallest absolute Gasteiger partial charge is 0.123 e. The lowest BCUT2D eigenvalue weighted by Gasteiger charge is -2.14. The number of hydrogen-bond donors (Lipinski definition) is 1. The van der Waals surface area contributed by atoms with Crippen LogP contribution in [0, 0.1) is 12.7 Å². The molecule has 1 rings (SSSR count). The summed E-state index contributed by atoms with van der Waals surface area (Å²) in [5.74, 6) is -0.214. The van der Waals surface area contributed by atoms with E-state index < -0.39 is 0 Å². The van der Waals surface area contributed by atoms with Crippen LogP contribution in [0.25, 0.3) is 0 Å².